The molecule has 0 saturated heterocycles. The maximum absolute atomic E-state index is 12.9. The van der Waals surface area contributed by atoms with Gasteiger partial charge in [-0.1, -0.05) is 74.0 Å². The number of nitrogens with zero attached hydrogens (tertiary/aromatic N) is 1. The highest BCUT2D eigenvalue weighted by atomic mass is 16.3. The number of amides is 1. The van der Waals surface area contributed by atoms with E-state index in [1.807, 2.05) is 36.4 Å². The van der Waals surface area contributed by atoms with Gasteiger partial charge in [0.25, 0.3) is 5.91 Å². The average Bonchev–Trinajstić information content (AvgIpc) is 2.68. The standard InChI is InChI=1S/C21H24N2O2/c1-16-10-8-9-15-19(16)22-23-20(24)21(25,17-11-4-2-5-12-17)18-13-6-3-7-14-18/h2-7,11-14,16,25H,8-10,15H2,1H3,(H,23,24)/b22-19+. The van der Waals surface area contributed by atoms with Crippen molar-refractivity contribution in [3.63, 3.8) is 0 Å². The lowest BCUT2D eigenvalue weighted by Gasteiger charge is -2.27. The Morgan fingerprint density at radius 1 is 1.04 bits per heavy atom. The van der Waals surface area contributed by atoms with Crippen molar-refractivity contribution in [2.24, 2.45) is 11.0 Å². The van der Waals surface area contributed by atoms with E-state index in [9.17, 15) is 9.90 Å². The van der Waals surface area contributed by atoms with Crippen LogP contribution >= 0.6 is 0 Å². The molecule has 1 aliphatic rings. The van der Waals surface area contributed by atoms with Crippen LogP contribution in [0.3, 0.4) is 0 Å². The van der Waals surface area contributed by atoms with E-state index in [4.69, 9.17) is 0 Å². The Labute approximate surface area is 148 Å². The first kappa shape index (κ1) is 17.4. The van der Waals surface area contributed by atoms with Crippen molar-refractivity contribution in [1.82, 2.24) is 5.43 Å². The zero-order valence-electron chi connectivity index (χ0n) is 14.5. The van der Waals surface area contributed by atoms with Gasteiger partial charge in [-0.25, -0.2) is 5.43 Å². The highest BCUT2D eigenvalue weighted by molar-refractivity contribution is 5.92. The first-order valence-corrected chi connectivity index (χ1v) is 8.82. The molecule has 0 radical (unpaired) electrons. The zero-order valence-corrected chi connectivity index (χ0v) is 14.5. The number of benzene rings is 2. The number of hydrogen-bond donors (Lipinski definition) is 2. The highest BCUT2D eigenvalue weighted by Crippen LogP contribution is 2.30. The summed E-state index contributed by atoms with van der Waals surface area (Å²) in [5, 5.41) is 15.7. The molecule has 2 N–H and O–H groups in total. The molecule has 1 saturated carbocycles. The van der Waals surface area contributed by atoms with Crippen LogP contribution in [0.4, 0.5) is 0 Å². The molecule has 0 aromatic heterocycles. The summed E-state index contributed by atoms with van der Waals surface area (Å²) >= 11 is 0. The number of aliphatic hydroxyl groups is 1. The second-order valence-electron chi connectivity index (χ2n) is 6.63. The van der Waals surface area contributed by atoms with Gasteiger partial charge in [0.15, 0.2) is 5.60 Å². The molecule has 4 nitrogen and oxygen atoms in total. The Morgan fingerprint density at radius 3 is 2.12 bits per heavy atom. The summed E-state index contributed by atoms with van der Waals surface area (Å²) in [7, 11) is 0. The summed E-state index contributed by atoms with van der Waals surface area (Å²) in [5.74, 6) is -0.161. The third kappa shape index (κ3) is 3.64. The van der Waals surface area contributed by atoms with Gasteiger partial charge in [0, 0.05) is 5.71 Å². The fraction of sp³-hybridized carbons (Fsp3) is 0.333. The van der Waals surface area contributed by atoms with Gasteiger partial charge in [0.1, 0.15) is 0 Å². The van der Waals surface area contributed by atoms with Crippen LogP contribution in [0.2, 0.25) is 0 Å². The molecular formula is C21H24N2O2. The van der Waals surface area contributed by atoms with Crippen LogP contribution in [-0.4, -0.2) is 16.7 Å². The quantitative estimate of drug-likeness (QED) is 0.838. The molecular weight excluding hydrogens is 312 g/mol. The molecule has 2 aromatic rings. The van der Waals surface area contributed by atoms with E-state index in [2.05, 4.69) is 17.5 Å². The Kier molecular flexibility index (Phi) is 5.29. The van der Waals surface area contributed by atoms with E-state index in [1.54, 1.807) is 24.3 Å². The van der Waals surface area contributed by atoms with Crippen LogP contribution in [0.5, 0.6) is 0 Å². The molecule has 0 bridgehead atoms. The van der Waals surface area contributed by atoms with Crippen molar-refractivity contribution in [1.29, 1.82) is 0 Å². The lowest BCUT2D eigenvalue weighted by molar-refractivity contribution is -0.136. The van der Waals surface area contributed by atoms with Gasteiger partial charge in [-0.15, -0.1) is 0 Å². The minimum absolute atomic E-state index is 0.371. The van der Waals surface area contributed by atoms with Crippen LogP contribution < -0.4 is 5.43 Å². The van der Waals surface area contributed by atoms with Crippen LogP contribution in [0, 0.1) is 5.92 Å². The molecule has 1 atom stereocenters. The first-order valence-electron chi connectivity index (χ1n) is 8.82. The van der Waals surface area contributed by atoms with E-state index in [-0.39, 0.29) is 0 Å². The SMILES string of the molecule is CC1CCCC/C1=N\NC(=O)C(O)(c1ccccc1)c1ccccc1. The minimum atomic E-state index is -1.77. The number of carbonyl (C=O) groups is 1. The molecule has 2 aromatic carbocycles. The van der Waals surface area contributed by atoms with Gasteiger partial charge in [-0.05, 0) is 36.3 Å². The fourth-order valence-electron chi connectivity index (χ4n) is 3.33. The predicted octanol–water partition coefficient (Wildman–Crippen LogP) is 3.60. The number of hydrogen-bond acceptors (Lipinski definition) is 3. The summed E-state index contributed by atoms with van der Waals surface area (Å²) in [6.07, 6.45) is 4.29. The van der Waals surface area contributed by atoms with E-state index in [0.29, 0.717) is 17.0 Å². The maximum Gasteiger partial charge on any atom is 0.281 e. The molecule has 1 amide bonds. The van der Waals surface area contributed by atoms with Gasteiger partial charge in [-0.2, -0.15) is 5.10 Å². The van der Waals surface area contributed by atoms with E-state index >= 15 is 0 Å². The van der Waals surface area contributed by atoms with Crippen LogP contribution in [0.15, 0.2) is 65.8 Å². The van der Waals surface area contributed by atoms with Gasteiger partial charge in [0.2, 0.25) is 0 Å². The molecule has 1 aliphatic carbocycles. The maximum atomic E-state index is 12.9. The molecule has 1 unspecified atom stereocenters. The summed E-state index contributed by atoms with van der Waals surface area (Å²) in [4.78, 5) is 12.9. The van der Waals surface area contributed by atoms with Gasteiger partial charge < -0.3 is 5.11 Å². The molecule has 0 spiro atoms. The third-order valence-electron chi connectivity index (χ3n) is 4.90. The number of rotatable bonds is 4. The lowest BCUT2D eigenvalue weighted by atomic mass is 9.85. The Hall–Kier alpha value is -2.46. The van der Waals surface area contributed by atoms with E-state index in [0.717, 1.165) is 25.0 Å². The topological polar surface area (TPSA) is 61.7 Å². The molecule has 3 rings (SSSR count). The molecule has 0 heterocycles. The second-order valence-corrected chi connectivity index (χ2v) is 6.63. The normalized spacial score (nSPS) is 19.6. The number of hydrazone groups is 1. The monoisotopic (exact) mass is 336 g/mol. The molecule has 25 heavy (non-hydrogen) atoms. The third-order valence-corrected chi connectivity index (χ3v) is 4.90. The first-order chi connectivity index (χ1) is 12.1. The number of carbonyl (C=O) groups excluding carboxylic acids is 1. The lowest BCUT2D eigenvalue weighted by Crippen LogP contribution is -2.44. The summed E-state index contributed by atoms with van der Waals surface area (Å²) in [6.45, 7) is 2.13. The molecule has 4 heteroatoms. The second kappa shape index (κ2) is 7.62. The van der Waals surface area contributed by atoms with Crippen molar-refractivity contribution in [3.8, 4) is 0 Å². The molecule has 130 valence electrons. The fourth-order valence-corrected chi connectivity index (χ4v) is 3.33. The smallest absolute Gasteiger partial charge is 0.281 e. The van der Waals surface area contributed by atoms with Gasteiger partial charge in [0.05, 0.1) is 0 Å². The highest BCUT2D eigenvalue weighted by Gasteiger charge is 2.40. The van der Waals surface area contributed by atoms with Crippen LogP contribution in [0.1, 0.15) is 43.7 Å². The average molecular weight is 336 g/mol. The van der Waals surface area contributed by atoms with Crippen molar-refractivity contribution < 1.29 is 9.90 Å². The van der Waals surface area contributed by atoms with Crippen molar-refractivity contribution in [2.75, 3.05) is 0 Å². The molecule has 0 aliphatic heterocycles. The van der Waals surface area contributed by atoms with Crippen LogP contribution in [-0.2, 0) is 10.4 Å². The van der Waals surface area contributed by atoms with Gasteiger partial charge >= 0.3 is 0 Å². The summed E-state index contributed by atoms with van der Waals surface area (Å²) in [5.41, 5.74) is 2.90. The Morgan fingerprint density at radius 2 is 1.60 bits per heavy atom. The number of nitrogens with one attached hydrogen (secondary N) is 1. The summed E-state index contributed by atoms with van der Waals surface area (Å²) in [6, 6.07) is 18.0. The zero-order chi connectivity index (χ0) is 17.7. The van der Waals surface area contributed by atoms with E-state index in [1.165, 1.54) is 6.42 Å². The Balaban J connectivity index is 1.92. The van der Waals surface area contributed by atoms with Gasteiger partial charge in [-0.3, -0.25) is 4.79 Å². The van der Waals surface area contributed by atoms with Crippen LogP contribution in [0.25, 0.3) is 0 Å². The minimum Gasteiger partial charge on any atom is -0.372 e. The van der Waals surface area contributed by atoms with Crippen molar-refractivity contribution >= 4 is 11.6 Å². The Bertz CT molecular complexity index is 702. The predicted molar refractivity (Wildman–Crippen MR) is 99.1 cm³/mol. The van der Waals surface area contributed by atoms with E-state index < -0.39 is 11.5 Å². The molecule has 1 fully saturated rings. The largest absolute Gasteiger partial charge is 0.372 e. The van der Waals surface area contributed by atoms with Crippen molar-refractivity contribution in [2.45, 2.75) is 38.2 Å². The summed E-state index contributed by atoms with van der Waals surface area (Å²) < 4.78 is 0. The van der Waals surface area contributed by atoms with Crippen molar-refractivity contribution in [3.05, 3.63) is 71.8 Å².